The molecular formula is C4H8BO2. The SMILES string of the molecule is CC=CCO[B]O. The summed E-state index contributed by atoms with van der Waals surface area (Å²) in [5.74, 6) is 0. The van der Waals surface area contributed by atoms with Gasteiger partial charge in [-0.15, -0.1) is 0 Å². The minimum atomic E-state index is 0.451. The fourth-order valence-corrected chi connectivity index (χ4v) is 0.195. The summed E-state index contributed by atoms with van der Waals surface area (Å²) in [6.07, 6.45) is 3.65. The van der Waals surface area contributed by atoms with Gasteiger partial charge in [0, 0.05) is 6.61 Å². The molecule has 0 rings (SSSR count). The van der Waals surface area contributed by atoms with Crippen molar-refractivity contribution in [3.05, 3.63) is 12.2 Å². The Bertz CT molecular complexity index is 53.7. The van der Waals surface area contributed by atoms with E-state index in [1.807, 2.05) is 13.0 Å². The van der Waals surface area contributed by atoms with E-state index < -0.39 is 0 Å². The van der Waals surface area contributed by atoms with Gasteiger partial charge < -0.3 is 9.68 Å². The van der Waals surface area contributed by atoms with E-state index in [0.717, 1.165) is 0 Å². The van der Waals surface area contributed by atoms with E-state index in [9.17, 15) is 0 Å². The first kappa shape index (κ1) is 6.72. The summed E-state index contributed by atoms with van der Waals surface area (Å²) in [5, 5.41) is 7.91. The smallest absolute Gasteiger partial charge is 0.429 e. The molecule has 0 saturated carbocycles. The van der Waals surface area contributed by atoms with E-state index in [1.54, 1.807) is 6.08 Å². The molecule has 0 saturated heterocycles. The Morgan fingerprint density at radius 1 is 1.86 bits per heavy atom. The molecule has 0 aromatic rings. The van der Waals surface area contributed by atoms with Crippen molar-refractivity contribution in [2.45, 2.75) is 6.92 Å². The maximum absolute atomic E-state index is 7.91. The molecule has 0 aromatic carbocycles. The van der Waals surface area contributed by atoms with Crippen molar-refractivity contribution in [2.24, 2.45) is 0 Å². The van der Waals surface area contributed by atoms with Crippen molar-refractivity contribution < 1.29 is 9.68 Å². The second kappa shape index (κ2) is 5.72. The molecule has 0 atom stereocenters. The molecule has 0 unspecified atom stereocenters. The van der Waals surface area contributed by atoms with Crippen LogP contribution in [-0.4, -0.2) is 19.3 Å². The molecule has 0 bridgehead atoms. The highest BCUT2D eigenvalue weighted by Crippen LogP contribution is 1.70. The van der Waals surface area contributed by atoms with Gasteiger partial charge in [-0.25, -0.2) is 0 Å². The molecule has 0 amide bonds. The minimum absolute atomic E-state index is 0.451. The quantitative estimate of drug-likeness (QED) is 0.309. The predicted octanol–water partition coefficient (Wildman–Crippen LogP) is 0.106. The highest BCUT2D eigenvalue weighted by atomic mass is 16.5. The van der Waals surface area contributed by atoms with E-state index in [4.69, 9.17) is 5.02 Å². The van der Waals surface area contributed by atoms with Crippen LogP contribution >= 0.6 is 0 Å². The molecule has 1 N–H and O–H groups in total. The van der Waals surface area contributed by atoms with Gasteiger partial charge in [0.05, 0.1) is 0 Å². The lowest BCUT2D eigenvalue weighted by atomic mass is 10.4. The Kier molecular flexibility index (Phi) is 5.50. The second-order valence-corrected chi connectivity index (χ2v) is 1.01. The van der Waals surface area contributed by atoms with Gasteiger partial charge in [-0.2, -0.15) is 0 Å². The summed E-state index contributed by atoms with van der Waals surface area (Å²) < 4.78 is 4.42. The first-order valence-corrected chi connectivity index (χ1v) is 2.10. The molecule has 1 radical (unpaired) electrons. The lowest BCUT2D eigenvalue weighted by Gasteiger charge is -1.86. The molecule has 0 fully saturated rings. The fraction of sp³-hybridized carbons (Fsp3) is 0.500. The van der Waals surface area contributed by atoms with Crippen molar-refractivity contribution in [2.75, 3.05) is 6.61 Å². The second-order valence-electron chi connectivity index (χ2n) is 1.01. The molecular weight excluding hydrogens is 90.9 g/mol. The zero-order valence-electron chi connectivity index (χ0n) is 4.29. The summed E-state index contributed by atoms with van der Waals surface area (Å²) in [6.45, 7) is 2.34. The van der Waals surface area contributed by atoms with E-state index in [1.165, 1.54) is 0 Å². The maximum Gasteiger partial charge on any atom is 0.485 e. The third-order valence-electron chi connectivity index (χ3n) is 0.503. The van der Waals surface area contributed by atoms with Gasteiger partial charge in [-0.3, -0.25) is 0 Å². The standard InChI is InChI=1S/C4H8BO2/c1-2-3-4-7-5-6/h2-3,6H,4H2,1H3. The van der Waals surface area contributed by atoms with Gasteiger partial charge in [0.1, 0.15) is 0 Å². The lowest BCUT2D eigenvalue weighted by Crippen LogP contribution is -1.95. The van der Waals surface area contributed by atoms with E-state index >= 15 is 0 Å². The Morgan fingerprint density at radius 3 is 3.00 bits per heavy atom. The number of rotatable bonds is 3. The van der Waals surface area contributed by atoms with Gasteiger partial charge in [-0.1, -0.05) is 12.2 Å². The molecule has 2 nitrogen and oxygen atoms in total. The first-order chi connectivity index (χ1) is 3.41. The zero-order chi connectivity index (χ0) is 5.54. The van der Waals surface area contributed by atoms with Gasteiger partial charge in [-0.05, 0) is 6.92 Å². The minimum Gasteiger partial charge on any atom is -0.429 e. The third-order valence-corrected chi connectivity index (χ3v) is 0.503. The average Bonchev–Trinajstić information content (AvgIpc) is 1.69. The van der Waals surface area contributed by atoms with Crippen LogP contribution in [0.1, 0.15) is 6.92 Å². The Morgan fingerprint density at radius 2 is 2.57 bits per heavy atom. The summed E-state index contributed by atoms with van der Waals surface area (Å²) >= 11 is 0. The van der Waals surface area contributed by atoms with Gasteiger partial charge in [0.25, 0.3) is 0 Å². The molecule has 0 aliphatic carbocycles. The number of allylic oxidation sites excluding steroid dienone is 1. The van der Waals surface area contributed by atoms with Crippen LogP contribution in [0, 0.1) is 0 Å². The van der Waals surface area contributed by atoms with Crippen LogP contribution in [0.25, 0.3) is 0 Å². The van der Waals surface area contributed by atoms with Crippen LogP contribution in [0.3, 0.4) is 0 Å². The molecule has 3 heteroatoms. The predicted molar refractivity (Wildman–Crippen MR) is 28.7 cm³/mol. The highest BCUT2D eigenvalue weighted by molar-refractivity contribution is 6.15. The van der Waals surface area contributed by atoms with Crippen LogP contribution in [0.4, 0.5) is 0 Å². The summed E-state index contributed by atoms with van der Waals surface area (Å²) in [6, 6.07) is 0. The summed E-state index contributed by atoms with van der Waals surface area (Å²) in [7, 11) is 0.681. The van der Waals surface area contributed by atoms with E-state index in [-0.39, 0.29) is 0 Å². The average molecular weight is 98.9 g/mol. The Labute approximate surface area is 44.1 Å². The molecule has 39 valence electrons. The van der Waals surface area contributed by atoms with Crippen molar-refractivity contribution in [1.82, 2.24) is 0 Å². The van der Waals surface area contributed by atoms with Crippen LogP contribution in [0.5, 0.6) is 0 Å². The molecule has 7 heavy (non-hydrogen) atoms. The summed E-state index contributed by atoms with van der Waals surface area (Å²) in [5.41, 5.74) is 0. The molecule has 0 aliphatic heterocycles. The Balaban J connectivity index is 2.69. The fourth-order valence-electron chi connectivity index (χ4n) is 0.195. The van der Waals surface area contributed by atoms with E-state index in [2.05, 4.69) is 4.65 Å². The molecule has 0 aromatic heterocycles. The van der Waals surface area contributed by atoms with Crippen molar-refractivity contribution in [3.8, 4) is 0 Å². The van der Waals surface area contributed by atoms with E-state index in [0.29, 0.717) is 14.3 Å². The lowest BCUT2D eigenvalue weighted by molar-refractivity contribution is 0.320. The van der Waals surface area contributed by atoms with Crippen LogP contribution < -0.4 is 0 Å². The summed E-state index contributed by atoms with van der Waals surface area (Å²) in [4.78, 5) is 0. The van der Waals surface area contributed by atoms with Crippen LogP contribution in [-0.2, 0) is 4.65 Å². The number of hydrogen-bond acceptors (Lipinski definition) is 2. The monoisotopic (exact) mass is 99.1 g/mol. The van der Waals surface area contributed by atoms with Crippen LogP contribution in [0.2, 0.25) is 0 Å². The normalized spacial score (nSPS) is 10.0. The van der Waals surface area contributed by atoms with Crippen molar-refractivity contribution in [3.63, 3.8) is 0 Å². The molecule has 0 spiro atoms. The van der Waals surface area contributed by atoms with Crippen molar-refractivity contribution in [1.29, 1.82) is 0 Å². The molecule has 0 aliphatic rings. The Hall–Kier alpha value is -0.275. The highest BCUT2D eigenvalue weighted by Gasteiger charge is 1.77. The third kappa shape index (κ3) is 5.72. The first-order valence-electron chi connectivity index (χ1n) is 2.10. The van der Waals surface area contributed by atoms with Gasteiger partial charge in [0.15, 0.2) is 0 Å². The van der Waals surface area contributed by atoms with Crippen LogP contribution in [0.15, 0.2) is 12.2 Å². The largest absolute Gasteiger partial charge is 0.485 e. The maximum atomic E-state index is 7.91. The topological polar surface area (TPSA) is 29.5 Å². The van der Waals surface area contributed by atoms with Gasteiger partial charge in [0.2, 0.25) is 0 Å². The zero-order valence-corrected chi connectivity index (χ0v) is 4.29. The van der Waals surface area contributed by atoms with Gasteiger partial charge >= 0.3 is 7.69 Å². The molecule has 0 heterocycles. The van der Waals surface area contributed by atoms with Crippen molar-refractivity contribution >= 4 is 7.69 Å². The number of hydrogen-bond donors (Lipinski definition) is 1.